The van der Waals surface area contributed by atoms with Gasteiger partial charge in [0.05, 0.1) is 0 Å². The fraction of sp³-hybridized carbons (Fsp3) is 0.500. The average Bonchev–Trinajstić information content (AvgIpc) is 2.26. The van der Waals surface area contributed by atoms with Crippen molar-refractivity contribution >= 4 is 0 Å². The zero-order valence-electron chi connectivity index (χ0n) is 9.06. The first kappa shape index (κ1) is 11.5. The van der Waals surface area contributed by atoms with Gasteiger partial charge in [-0.25, -0.2) is 13.2 Å². The maximum absolute atomic E-state index is 13.0. The van der Waals surface area contributed by atoms with Crippen molar-refractivity contribution in [2.45, 2.75) is 25.8 Å². The van der Waals surface area contributed by atoms with E-state index in [1.54, 1.807) is 0 Å². The topological polar surface area (TPSA) is 12.0 Å². The number of nitrogens with one attached hydrogen (secondary N) is 1. The Hall–Kier alpha value is -1.03. The van der Waals surface area contributed by atoms with Gasteiger partial charge in [0.1, 0.15) is 0 Å². The molecule has 1 aliphatic rings. The Morgan fingerprint density at radius 3 is 2.25 bits per heavy atom. The predicted octanol–water partition coefficient (Wildman–Crippen LogP) is 3.16. The van der Waals surface area contributed by atoms with Gasteiger partial charge in [-0.3, -0.25) is 0 Å². The van der Waals surface area contributed by atoms with Gasteiger partial charge in [-0.05, 0) is 43.0 Å². The Kier molecular flexibility index (Phi) is 3.19. The Morgan fingerprint density at radius 2 is 1.75 bits per heavy atom. The monoisotopic (exact) mass is 229 g/mol. The van der Waals surface area contributed by atoms with Crippen molar-refractivity contribution in [3.63, 3.8) is 0 Å². The van der Waals surface area contributed by atoms with Crippen LogP contribution in [-0.4, -0.2) is 6.54 Å². The van der Waals surface area contributed by atoms with Crippen molar-refractivity contribution in [3.05, 3.63) is 35.1 Å². The number of halogens is 3. The summed E-state index contributed by atoms with van der Waals surface area (Å²) in [6.45, 7) is 2.94. The summed E-state index contributed by atoms with van der Waals surface area (Å²) in [6.07, 6.45) is 1.84. The van der Waals surface area contributed by atoms with Gasteiger partial charge >= 0.3 is 0 Å². The average molecular weight is 229 g/mol. The molecule has 1 nitrogen and oxygen atoms in total. The lowest BCUT2D eigenvalue weighted by Crippen LogP contribution is -2.32. The Labute approximate surface area is 92.7 Å². The minimum Gasteiger partial charge on any atom is -0.310 e. The zero-order valence-corrected chi connectivity index (χ0v) is 9.06. The van der Waals surface area contributed by atoms with Crippen LogP contribution in [0, 0.1) is 23.4 Å². The lowest BCUT2D eigenvalue weighted by molar-refractivity contribution is 0.330. The largest absolute Gasteiger partial charge is 0.310 e. The molecule has 1 unspecified atom stereocenters. The molecule has 1 saturated heterocycles. The zero-order chi connectivity index (χ0) is 11.7. The molecule has 16 heavy (non-hydrogen) atoms. The maximum Gasteiger partial charge on any atom is 0.194 e. The number of piperidine rings is 1. The summed E-state index contributed by atoms with van der Waals surface area (Å²) in [6, 6.07) is 2.08. The summed E-state index contributed by atoms with van der Waals surface area (Å²) < 4.78 is 38.8. The minimum atomic E-state index is -1.40. The van der Waals surface area contributed by atoms with E-state index >= 15 is 0 Å². The van der Waals surface area contributed by atoms with Gasteiger partial charge in [0, 0.05) is 6.04 Å². The number of hydrogen-bond donors (Lipinski definition) is 1. The summed E-state index contributed by atoms with van der Waals surface area (Å²) in [7, 11) is 0. The quantitative estimate of drug-likeness (QED) is 0.729. The van der Waals surface area contributed by atoms with E-state index in [1.165, 1.54) is 0 Å². The molecule has 1 aromatic carbocycles. The second kappa shape index (κ2) is 4.45. The third-order valence-electron chi connectivity index (χ3n) is 3.07. The SMILES string of the molecule is CC1CC[C@@H](c2cc(F)c(F)c(F)c2)NC1. The van der Waals surface area contributed by atoms with Crippen LogP contribution in [0.4, 0.5) is 13.2 Å². The van der Waals surface area contributed by atoms with Crippen LogP contribution in [-0.2, 0) is 0 Å². The number of benzene rings is 1. The van der Waals surface area contributed by atoms with E-state index in [1.807, 2.05) is 0 Å². The van der Waals surface area contributed by atoms with Crippen molar-refractivity contribution in [2.75, 3.05) is 6.54 Å². The van der Waals surface area contributed by atoms with Gasteiger partial charge in [-0.2, -0.15) is 0 Å². The lowest BCUT2D eigenvalue weighted by Gasteiger charge is -2.28. The molecule has 1 aliphatic heterocycles. The third kappa shape index (κ3) is 2.21. The Bertz CT molecular complexity index is 361. The van der Waals surface area contributed by atoms with Crippen LogP contribution in [0.2, 0.25) is 0 Å². The molecule has 1 N–H and O–H groups in total. The molecular weight excluding hydrogens is 215 g/mol. The molecule has 88 valence electrons. The van der Waals surface area contributed by atoms with Crippen molar-refractivity contribution < 1.29 is 13.2 Å². The molecule has 1 fully saturated rings. The highest BCUT2D eigenvalue weighted by Crippen LogP contribution is 2.27. The highest BCUT2D eigenvalue weighted by molar-refractivity contribution is 5.23. The van der Waals surface area contributed by atoms with Crippen LogP contribution in [0.15, 0.2) is 12.1 Å². The van der Waals surface area contributed by atoms with E-state index in [9.17, 15) is 13.2 Å². The van der Waals surface area contributed by atoms with Gasteiger partial charge in [0.2, 0.25) is 0 Å². The molecule has 0 amide bonds. The van der Waals surface area contributed by atoms with Gasteiger partial charge in [-0.15, -0.1) is 0 Å². The number of hydrogen-bond acceptors (Lipinski definition) is 1. The first-order valence-corrected chi connectivity index (χ1v) is 5.45. The van der Waals surface area contributed by atoms with Gasteiger partial charge in [-0.1, -0.05) is 6.92 Å². The van der Waals surface area contributed by atoms with Crippen LogP contribution in [0.25, 0.3) is 0 Å². The molecule has 0 aliphatic carbocycles. The van der Waals surface area contributed by atoms with E-state index < -0.39 is 17.5 Å². The molecule has 2 rings (SSSR count). The second-order valence-corrected chi connectivity index (χ2v) is 4.44. The fourth-order valence-electron chi connectivity index (χ4n) is 2.06. The predicted molar refractivity (Wildman–Crippen MR) is 55.5 cm³/mol. The molecule has 1 aromatic rings. The molecule has 0 spiro atoms. The van der Waals surface area contributed by atoms with E-state index in [0.717, 1.165) is 31.5 Å². The summed E-state index contributed by atoms with van der Waals surface area (Å²) in [4.78, 5) is 0. The second-order valence-electron chi connectivity index (χ2n) is 4.44. The highest BCUT2D eigenvalue weighted by atomic mass is 19.2. The molecule has 4 heteroatoms. The number of rotatable bonds is 1. The molecule has 0 aromatic heterocycles. The normalized spacial score (nSPS) is 25.8. The minimum absolute atomic E-state index is 0.0687. The maximum atomic E-state index is 13.0. The van der Waals surface area contributed by atoms with Crippen LogP contribution in [0.3, 0.4) is 0 Å². The van der Waals surface area contributed by atoms with Crippen molar-refractivity contribution in [1.29, 1.82) is 0 Å². The summed E-state index contributed by atoms with van der Waals surface area (Å²) in [5.74, 6) is -3.05. The first-order chi connectivity index (χ1) is 7.58. The summed E-state index contributed by atoms with van der Waals surface area (Å²) in [5.41, 5.74) is 0.489. The van der Waals surface area contributed by atoms with Crippen LogP contribution in [0.5, 0.6) is 0 Å². The van der Waals surface area contributed by atoms with Gasteiger partial charge in [0.15, 0.2) is 17.5 Å². The van der Waals surface area contributed by atoms with Crippen LogP contribution in [0.1, 0.15) is 31.4 Å². The molecule has 0 saturated carbocycles. The Morgan fingerprint density at radius 1 is 1.12 bits per heavy atom. The fourth-order valence-corrected chi connectivity index (χ4v) is 2.06. The summed E-state index contributed by atoms with van der Waals surface area (Å²) >= 11 is 0. The molecular formula is C12H14F3N. The van der Waals surface area contributed by atoms with Crippen molar-refractivity contribution in [3.8, 4) is 0 Å². The Balaban J connectivity index is 2.21. The summed E-state index contributed by atoms with van der Waals surface area (Å²) in [5, 5.41) is 3.20. The molecule has 0 radical (unpaired) electrons. The van der Waals surface area contributed by atoms with E-state index in [2.05, 4.69) is 12.2 Å². The van der Waals surface area contributed by atoms with E-state index in [0.29, 0.717) is 11.5 Å². The van der Waals surface area contributed by atoms with E-state index in [4.69, 9.17) is 0 Å². The first-order valence-electron chi connectivity index (χ1n) is 5.45. The van der Waals surface area contributed by atoms with Crippen molar-refractivity contribution in [2.24, 2.45) is 5.92 Å². The highest BCUT2D eigenvalue weighted by Gasteiger charge is 2.21. The molecule has 1 heterocycles. The van der Waals surface area contributed by atoms with Crippen LogP contribution >= 0.6 is 0 Å². The lowest BCUT2D eigenvalue weighted by atomic mass is 9.92. The molecule has 0 bridgehead atoms. The third-order valence-corrected chi connectivity index (χ3v) is 3.07. The molecule has 2 atom stereocenters. The van der Waals surface area contributed by atoms with E-state index in [-0.39, 0.29) is 6.04 Å². The van der Waals surface area contributed by atoms with Gasteiger partial charge < -0.3 is 5.32 Å². The standard InChI is InChI=1S/C12H14F3N/c1-7-2-3-11(16-6-7)8-4-9(13)12(15)10(14)5-8/h4-5,7,11,16H,2-3,6H2,1H3/t7?,11-/m0/s1. The van der Waals surface area contributed by atoms with Crippen LogP contribution < -0.4 is 5.32 Å². The smallest absolute Gasteiger partial charge is 0.194 e. The van der Waals surface area contributed by atoms with Crippen molar-refractivity contribution in [1.82, 2.24) is 5.32 Å². The van der Waals surface area contributed by atoms with Gasteiger partial charge in [0.25, 0.3) is 0 Å².